The van der Waals surface area contributed by atoms with Gasteiger partial charge in [0, 0.05) is 19.4 Å². The summed E-state index contributed by atoms with van der Waals surface area (Å²) in [4.78, 5) is 33.3. The average Bonchev–Trinajstić information content (AvgIpc) is 2.24. The number of carboxylic acids is 1. The van der Waals surface area contributed by atoms with Gasteiger partial charge in [0.2, 0.25) is 0 Å². The van der Waals surface area contributed by atoms with E-state index in [-0.39, 0.29) is 12.7 Å². The van der Waals surface area contributed by atoms with Crippen molar-refractivity contribution >= 4 is 19.2 Å². The lowest BCUT2D eigenvalue weighted by Crippen LogP contribution is -2.62. The molecule has 0 rings (SSSR count). The van der Waals surface area contributed by atoms with Crippen molar-refractivity contribution in [2.24, 2.45) is 11.5 Å². The third-order valence-electron chi connectivity index (χ3n) is 2.77. The van der Waals surface area contributed by atoms with Crippen LogP contribution < -0.4 is 11.5 Å². The second-order valence-corrected chi connectivity index (χ2v) is 7.83. The summed E-state index contributed by atoms with van der Waals surface area (Å²) < 4.78 is 11.1. The average molecular weight is 309 g/mol. The lowest BCUT2D eigenvalue weighted by Gasteiger charge is -2.32. The maximum Gasteiger partial charge on any atom is 0.326 e. The molecule has 0 spiro atoms. The Labute approximate surface area is 118 Å². The van der Waals surface area contributed by atoms with Gasteiger partial charge in [0.05, 0.1) is 0 Å². The molecule has 0 aliphatic rings. The SMILES string of the molecule is C[C@@H](C(=O)O)N(CCCCP(C)(=O)O)C(=O)C(C)(N)N. The van der Waals surface area contributed by atoms with Crippen molar-refractivity contribution in [3.8, 4) is 0 Å². The highest BCUT2D eigenvalue weighted by molar-refractivity contribution is 7.57. The maximum atomic E-state index is 12.0. The molecule has 0 saturated carbocycles. The van der Waals surface area contributed by atoms with Gasteiger partial charge in [-0.1, -0.05) is 0 Å². The van der Waals surface area contributed by atoms with Gasteiger partial charge in [0.25, 0.3) is 5.91 Å². The van der Waals surface area contributed by atoms with E-state index in [1.165, 1.54) is 20.5 Å². The minimum Gasteiger partial charge on any atom is -0.480 e. The van der Waals surface area contributed by atoms with Crippen LogP contribution in [0.15, 0.2) is 0 Å². The van der Waals surface area contributed by atoms with Crippen LogP contribution in [0, 0.1) is 0 Å². The molecular formula is C11H24N3O5P. The topological polar surface area (TPSA) is 147 Å². The van der Waals surface area contributed by atoms with Gasteiger partial charge in [-0.25, -0.2) is 4.79 Å². The van der Waals surface area contributed by atoms with Crippen molar-refractivity contribution in [2.45, 2.75) is 38.4 Å². The molecule has 6 N–H and O–H groups in total. The highest BCUT2D eigenvalue weighted by atomic mass is 31.2. The Balaban J connectivity index is 4.69. The number of nitrogens with two attached hydrogens (primary N) is 2. The summed E-state index contributed by atoms with van der Waals surface area (Å²) in [6, 6.07) is -1.06. The van der Waals surface area contributed by atoms with Crippen LogP contribution in [0.2, 0.25) is 0 Å². The molecule has 1 amide bonds. The summed E-state index contributed by atoms with van der Waals surface area (Å²) in [7, 11) is -3.09. The number of unbranched alkanes of at least 4 members (excludes halogenated alkanes) is 1. The van der Waals surface area contributed by atoms with E-state index in [4.69, 9.17) is 21.5 Å². The minimum absolute atomic E-state index is 0.121. The van der Waals surface area contributed by atoms with Crippen LogP contribution in [0.5, 0.6) is 0 Å². The number of hydrogen-bond donors (Lipinski definition) is 4. The highest BCUT2D eigenvalue weighted by Gasteiger charge is 2.33. The molecule has 0 saturated heterocycles. The maximum absolute atomic E-state index is 12.0. The van der Waals surface area contributed by atoms with E-state index in [0.29, 0.717) is 12.8 Å². The number of amides is 1. The quantitative estimate of drug-likeness (QED) is 0.271. The Morgan fingerprint density at radius 1 is 1.35 bits per heavy atom. The second kappa shape index (κ2) is 7.17. The molecule has 0 radical (unpaired) electrons. The fraction of sp³-hybridized carbons (Fsp3) is 0.818. The predicted molar refractivity (Wildman–Crippen MR) is 75.4 cm³/mol. The van der Waals surface area contributed by atoms with Gasteiger partial charge in [-0.05, 0) is 26.7 Å². The Morgan fingerprint density at radius 2 is 1.85 bits per heavy atom. The summed E-state index contributed by atoms with van der Waals surface area (Å²) in [6.07, 6.45) is 0.934. The molecule has 20 heavy (non-hydrogen) atoms. The number of hydrogen-bond acceptors (Lipinski definition) is 5. The van der Waals surface area contributed by atoms with Crippen LogP contribution in [-0.2, 0) is 14.2 Å². The third kappa shape index (κ3) is 7.00. The first-order valence-corrected chi connectivity index (χ1v) is 8.56. The van der Waals surface area contributed by atoms with Crippen LogP contribution in [0.25, 0.3) is 0 Å². The number of aliphatic carboxylic acids is 1. The molecule has 0 aliphatic carbocycles. The summed E-state index contributed by atoms with van der Waals surface area (Å²) in [5, 5.41) is 8.99. The Morgan fingerprint density at radius 3 is 2.20 bits per heavy atom. The zero-order valence-corrected chi connectivity index (χ0v) is 13.0. The predicted octanol–water partition coefficient (Wildman–Crippen LogP) is -0.398. The van der Waals surface area contributed by atoms with E-state index in [0.717, 1.165) is 4.90 Å². The minimum atomic E-state index is -3.09. The zero-order valence-electron chi connectivity index (χ0n) is 12.1. The molecule has 0 heterocycles. The van der Waals surface area contributed by atoms with Crippen molar-refractivity contribution in [1.82, 2.24) is 4.90 Å². The highest BCUT2D eigenvalue weighted by Crippen LogP contribution is 2.35. The van der Waals surface area contributed by atoms with Crippen LogP contribution in [0.1, 0.15) is 26.7 Å². The first-order valence-electron chi connectivity index (χ1n) is 6.27. The molecule has 2 atom stereocenters. The van der Waals surface area contributed by atoms with Crippen molar-refractivity contribution in [2.75, 3.05) is 19.4 Å². The molecule has 118 valence electrons. The smallest absolute Gasteiger partial charge is 0.326 e. The molecule has 0 fully saturated rings. The lowest BCUT2D eigenvalue weighted by atomic mass is 10.1. The van der Waals surface area contributed by atoms with Gasteiger partial charge in [0.1, 0.15) is 11.7 Å². The number of nitrogens with zero attached hydrogens (tertiary/aromatic N) is 1. The third-order valence-corrected chi connectivity index (χ3v) is 3.91. The molecule has 0 aromatic heterocycles. The molecule has 0 aromatic rings. The normalized spacial score (nSPS) is 16.3. The molecule has 0 bridgehead atoms. The largest absolute Gasteiger partial charge is 0.480 e. The Kier molecular flexibility index (Phi) is 6.83. The van der Waals surface area contributed by atoms with Gasteiger partial charge in [-0.3, -0.25) is 9.36 Å². The van der Waals surface area contributed by atoms with E-state index in [1.807, 2.05) is 0 Å². The van der Waals surface area contributed by atoms with E-state index in [9.17, 15) is 14.2 Å². The van der Waals surface area contributed by atoms with Gasteiger partial charge >= 0.3 is 5.97 Å². The van der Waals surface area contributed by atoms with E-state index >= 15 is 0 Å². The van der Waals surface area contributed by atoms with Crippen molar-refractivity contribution in [3.63, 3.8) is 0 Å². The second-order valence-electron chi connectivity index (χ2n) is 5.28. The van der Waals surface area contributed by atoms with Crippen LogP contribution in [0.4, 0.5) is 0 Å². The summed E-state index contributed by atoms with van der Waals surface area (Å²) in [5.41, 5.74) is 9.35. The molecule has 0 aromatic carbocycles. The van der Waals surface area contributed by atoms with Crippen LogP contribution in [0.3, 0.4) is 0 Å². The number of carboxylic acid groups (broad SMARTS) is 1. The monoisotopic (exact) mass is 309 g/mol. The van der Waals surface area contributed by atoms with Crippen molar-refractivity contribution in [3.05, 3.63) is 0 Å². The first-order chi connectivity index (χ1) is 8.86. The molecule has 8 nitrogen and oxygen atoms in total. The summed E-state index contributed by atoms with van der Waals surface area (Å²) in [5.74, 6) is -1.83. The Hall–Kier alpha value is -0.950. The number of rotatable bonds is 8. The van der Waals surface area contributed by atoms with Crippen LogP contribution >= 0.6 is 7.37 Å². The number of carbonyl (C=O) groups excluding carboxylic acids is 1. The lowest BCUT2D eigenvalue weighted by molar-refractivity contribution is -0.151. The van der Waals surface area contributed by atoms with Crippen molar-refractivity contribution < 1.29 is 24.2 Å². The van der Waals surface area contributed by atoms with E-state index in [1.54, 1.807) is 0 Å². The molecule has 0 aliphatic heterocycles. The fourth-order valence-electron chi connectivity index (χ4n) is 1.60. The Bertz CT molecular complexity index is 401. The van der Waals surface area contributed by atoms with E-state index < -0.39 is 31.0 Å². The van der Waals surface area contributed by atoms with Gasteiger partial charge in [0.15, 0.2) is 7.37 Å². The zero-order chi connectivity index (χ0) is 16.1. The van der Waals surface area contributed by atoms with E-state index in [2.05, 4.69) is 0 Å². The van der Waals surface area contributed by atoms with Crippen LogP contribution in [-0.4, -0.2) is 57.9 Å². The van der Waals surface area contributed by atoms with Gasteiger partial charge < -0.3 is 26.4 Å². The summed E-state index contributed by atoms with van der Waals surface area (Å²) >= 11 is 0. The molecule has 9 heteroatoms. The number of carbonyl (C=O) groups is 2. The van der Waals surface area contributed by atoms with Crippen molar-refractivity contribution in [1.29, 1.82) is 0 Å². The first kappa shape index (κ1) is 19.1. The molecular weight excluding hydrogens is 285 g/mol. The van der Waals surface area contributed by atoms with Gasteiger partial charge in [-0.15, -0.1) is 0 Å². The fourth-order valence-corrected chi connectivity index (χ4v) is 2.41. The standard InChI is InChI=1S/C11H24N3O5P/c1-8(9(15)16)14(10(17)11(2,12)13)6-4-5-7-20(3,18)19/h8H,4-7,12-13H2,1-3H3,(H,15,16)(H,18,19)/t8-/m0/s1. The van der Waals surface area contributed by atoms with Gasteiger partial charge in [-0.2, -0.15) is 0 Å². The summed E-state index contributed by atoms with van der Waals surface area (Å²) in [6.45, 7) is 4.04. The molecule has 1 unspecified atom stereocenters.